The molecule has 0 aromatic heterocycles. The van der Waals surface area contributed by atoms with Crippen molar-refractivity contribution in [2.24, 2.45) is 4.99 Å². The molecule has 0 saturated carbocycles. The fourth-order valence-corrected chi connectivity index (χ4v) is 4.48. The molecule has 0 spiro atoms. The molecular formula is C13H9N3O4S2. The minimum atomic E-state index is -0.642. The molecule has 1 aliphatic carbocycles. The Balaban J connectivity index is 1.85. The molecule has 0 bridgehead atoms. The number of nitro groups is 2. The summed E-state index contributed by atoms with van der Waals surface area (Å²) in [5.74, 6) is 0. The zero-order chi connectivity index (χ0) is 15.7. The van der Waals surface area contributed by atoms with Crippen molar-refractivity contribution in [1.82, 2.24) is 0 Å². The molecule has 3 rings (SSSR count). The van der Waals surface area contributed by atoms with Crippen molar-refractivity contribution in [2.45, 2.75) is 16.0 Å². The molecule has 2 aliphatic rings. The van der Waals surface area contributed by atoms with E-state index in [2.05, 4.69) is 4.99 Å². The number of fused-ring (bicyclic) bond motifs is 1. The molecule has 1 aliphatic heterocycles. The topological polar surface area (TPSA) is 98.6 Å². The van der Waals surface area contributed by atoms with E-state index < -0.39 is 9.85 Å². The van der Waals surface area contributed by atoms with Crippen molar-refractivity contribution in [2.75, 3.05) is 0 Å². The van der Waals surface area contributed by atoms with Gasteiger partial charge in [0.05, 0.1) is 26.5 Å². The lowest BCUT2D eigenvalue weighted by atomic mass is 10.1. The van der Waals surface area contributed by atoms with E-state index in [1.54, 1.807) is 0 Å². The van der Waals surface area contributed by atoms with Crippen LogP contribution in [-0.2, 0) is 0 Å². The van der Waals surface area contributed by atoms with E-state index in [-0.39, 0.29) is 16.1 Å². The lowest BCUT2D eigenvalue weighted by Crippen LogP contribution is -1.96. The molecule has 112 valence electrons. The largest absolute Gasteiger partial charge is 0.289 e. The number of aliphatic imine (C=N–C) groups is 1. The smallest absolute Gasteiger partial charge is 0.262 e. The van der Waals surface area contributed by atoms with Crippen LogP contribution in [0.25, 0.3) is 0 Å². The molecule has 0 radical (unpaired) electrons. The third kappa shape index (κ3) is 2.90. The number of non-ortho nitro benzene ring substituents is 1. The first-order valence-electron chi connectivity index (χ1n) is 6.24. The van der Waals surface area contributed by atoms with Gasteiger partial charge in [-0.25, -0.2) is 0 Å². The number of nitro benzene ring substituents is 2. The van der Waals surface area contributed by atoms with E-state index >= 15 is 0 Å². The summed E-state index contributed by atoms with van der Waals surface area (Å²) in [5, 5.41) is 21.9. The van der Waals surface area contributed by atoms with E-state index in [0.29, 0.717) is 4.90 Å². The van der Waals surface area contributed by atoms with E-state index in [9.17, 15) is 20.2 Å². The molecule has 0 unspecified atom stereocenters. The predicted octanol–water partition coefficient (Wildman–Crippen LogP) is 3.91. The van der Waals surface area contributed by atoms with Crippen molar-refractivity contribution < 1.29 is 9.85 Å². The summed E-state index contributed by atoms with van der Waals surface area (Å²) in [5.41, 5.74) is 0.429. The van der Waals surface area contributed by atoms with Crippen LogP contribution in [0, 0.1) is 20.2 Å². The Hall–Kier alpha value is -2.13. The Bertz CT molecular complexity index is 758. The fraction of sp³-hybridized carbons (Fsp3) is 0.154. The van der Waals surface area contributed by atoms with Crippen LogP contribution in [-0.4, -0.2) is 20.3 Å². The van der Waals surface area contributed by atoms with Gasteiger partial charge in [0.1, 0.15) is 0 Å². The summed E-state index contributed by atoms with van der Waals surface area (Å²) in [6.07, 6.45) is 6.70. The molecule has 0 fully saturated rings. The van der Waals surface area contributed by atoms with Gasteiger partial charge in [0.2, 0.25) is 0 Å². The second kappa shape index (κ2) is 5.93. The number of nitrogens with zero attached hydrogens (tertiary/aromatic N) is 3. The summed E-state index contributed by atoms with van der Waals surface area (Å²) < 4.78 is -0.207. The van der Waals surface area contributed by atoms with Crippen LogP contribution in [0.4, 0.5) is 11.4 Å². The molecule has 1 aromatic carbocycles. The Morgan fingerprint density at radius 1 is 1.27 bits per heavy atom. The van der Waals surface area contributed by atoms with Crippen molar-refractivity contribution >= 4 is 40.6 Å². The summed E-state index contributed by atoms with van der Waals surface area (Å²) in [4.78, 5) is 26.6. The van der Waals surface area contributed by atoms with Gasteiger partial charge in [-0.15, -0.1) is 0 Å². The highest BCUT2D eigenvalue weighted by molar-refractivity contribution is 8.19. The first-order valence-corrected chi connectivity index (χ1v) is 8.00. The van der Waals surface area contributed by atoms with Gasteiger partial charge in [-0.3, -0.25) is 25.2 Å². The van der Waals surface area contributed by atoms with Crippen molar-refractivity contribution in [3.8, 4) is 0 Å². The van der Waals surface area contributed by atoms with Crippen LogP contribution < -0.4 is 0 Å². The molecule has 1 atom stereocenters. The van der Waals surface area contributed by atoms with Crippen LogP contribution >= 0.6 is 23.5 Å². The average molecular weight is 335 g/mol. The number of allylic oxidation sites excluding steroid dienone is 4. The minimum absolute atomic E-state index is 0.207. The van der Waals surface area contributed by atoms with E-state index in [1.165, 1.54) is 35.7 Å². The Morgan fingerprint density at radius 2 is 2.09 bits per heavy atom. The van der Waals surface area contributed by atoms with Crippen LogP contribution in [0.2, 0.25) is 0 Å². The number of hydrogen-bond acceptors (Lipinski definition) is 7. The molecule has 7 nitrogen and oxygen atoms in total. The van der Waals surface area contributed by atoms with Gasteiger partial charge in [-0.2, -0.15) is 0 Å². The van der Waals surface area contributed by atoms with E-state index in [0.717, 1.165) is 23.1 Å². The molecule has 1 aromatic rings. The first kappa shape index (κ1) is 14.8. The zero-order valence-corrected chi connectivity index (χ0v) is 12.7. The van der Waals surface area contributed by atoms with E-state index in [1.807, 2.05) is 18.2 Å². The zero-order valence-electron chi connectivity index (χ0n) is 11.0. The molecule has 1 heterocycles. The van der Waals surface area contributed by atoms with Crippen LogP contribution in [0.1, 0.15) is 6.42 Å². The monoisotopic (exact) mass is 335 g/mol. The maximum Gasteiger partial charge on any atom is 0.289 e. The van der Waals surface area contributed by atoms with Gasteiger partial charge < -0.3 is 0 Å². The highest BCUT2D eigenvalue weighted by atomic mass is 32.2. The van der Waals surface area contributed by atoms with Crippen LogP contribution in [0.15, 0.2) is 51.2 Å². The summed E-state index contributed by atoms with van der Waals surface area (Å²) in [6.45, 7) is 0. The third-order valence-electron chi connectivity index (χ3n) is 3.05. The van der Waals surface area contributed by atoms with Gasteiger partial charge in [0.25, 0.3) is 11.4 Å². The Morgan fingerprint density at radius 3 is 2.77 bits per heavy atom. The van der Waals surface area contributed by atoms with Crippen LogP contribution in [0.3, 0.4) is 0 Å². The predicted molar refractivity (Wildman–Crippen MR) is 86.3 cm³/mol. The average Bonchev–Trinajstić information content (AvgIpc) is 2.89. The molecule has 0 N–H and O–H groups in total. The Labute approximate surface area is 133 Å². The second-order valence-corrected chi connectivity index (χ2v) is 6.99. The third-order valence-corrected chi connectivity index (χ3v) is 5.46. The quantitative estimate of drug-likeness (QED) is 0.611. The molecule has 0 saturated heterocycles. The molecule has 0 amide bonds. The number of benzene rings is 1. The van der Waals surface area contributed by atoms with E-state index in [4.69, 9.17) is 0 Å². The van der Waals surface area contributed by atoms with Gasteiger partial charge in [0.15, 0.2) is 4.71 Å². The summed E-state index contributed by atoms with van der Waals surface area (Å²) in [7, 11) is 0. The summed E-state index contributed by atoms with van der Waals surface area (Å²) >= 11 is 2.77. The molecular weight excluding hydrogens is 326 g/mol. The maximum atomic E-state index is 11.1. The second-order valence-electron chi connectivity index (χ2n) is 4.45. The van der Waals surface area contributed by atoms with Crippen molar-refractivity contribution in [3.63, 3.8) is 0 Å². The summed E-state index contributed by atoms with van der Waals surface area (Å²) in [6, 6.07) is 3.68. The standard InChI is InChI=1S/C13H9N3O4S2/c17-15(18)8-5-6-12(10(7-8)16(19)20)22-13-14-9-3-1-2-4-11(9)21-13/h1-2,4-7,13H,3H2/t13-/m1/s1. The number of hydrogen-bond donors (Lipinski definition) is 0. The van der Waals surface area contributed by atoms with Gasteiger partial charge in [-0.1, -0.05) is 35.7 Å². The number of thioether (sulfide) groups is 2. The number of rotatable bonds is 4. The lowest BCUT2D eigenvalue weighted by Gasteiger charge is -2.06. The molecule has 22 heavy (non-hydrogen) atoms. The fourth-order valence-electron chi connectivity index (χ4n) is 2.04. The maximum absolute atomic E-state index is 11.1. The van der Waals surface area contributed by atoms with Crippen molar-refractivity contribution in [3.05, 3.63) is 61.6 Å². The highest BCUT2D eigenvalue weighted by Crippen LogP contribution is 2.45. The van der Waals surface area contributed by atoms with Crippen LogP contribution in [0.5, 0.6) is 0 Å². The SMILES string of the molecule is O=[N+]([O-])c1ccc(S[C@@H]2N=C3CC=CC=C3S2)c([N+](=O)[O-])c1. The first-order chi connectivity index (χ1) is 10.5. The van der Waals surface area contributed by atoms with Crippen molar-refractivity contribution in [1.29, 1.82) is 0 Å². The van der Waals surface area contributed by atoms with Gasteiger partial charge in [-0.05, 0) is 12.1 Å². The minimum Gasteiger partial charge on any atom is -0.262 e. The van der Waals surface area contributed by atoms with Gasteiger partial charge >= 0.3 is 0 Å². The van der Waals surface area contributed by atoms with Gasteiger partial charge in [0, 0.05) is 17.4 Å². The normalized spacial score (nSPS) is 19.4. The Kier molecular flexibility index (Phi) is 3.99. The highest BCUT2D eigenvalue weighted by Gasteiger charge is 2.28. The lowest BCUT2D eigenvalue weighted by molar-refractivity contribution is -0.396. The molecule has 9 heteroatoms.